The minimum Gasteiger partial charge on any atom is -0.311 e. The van der Waals surface area contributed by atoms with Crippen LogP contribution < -0.4 is 62.2 Å². The number of aryl methyl sites for hydroxylation is 1. The van der Waals surface area contributed by atoms with Gasteiger partial charge in [-0.25, -0.2) is 0 Å². The highest BCUT2D eigenvalue weighted by Gasteiger charge is 2.46. The minimum absolute atomic E-state index is 0.0178. The fourth-order valence-electron chi connectivity index (χ4n) is 20.1. The number of anilines is 18. The van der Waals surface area contributed by atoms with Crippen LogP contribution >= 0.6 is 0 Å². The summed E-state index contributed by atoms with van der Waals surface area (Å²) in [5.74, 6) is 0. The normalized spacial score (nSPS) is 12.8. The molecule has 0 aliphatic carbocycles. The van der Waals surface area contributed by atoms with Gasteiger partial charge in [-0.2, -0.15) is 0 Å². The molecule has 8 nitrogen and oxygen atoms in total. The van der Waals surface area contributed by atoms with Gasteiger partial charge in [0.05, 0.1) is 27.8 Å². The molecule has 0 saturated heterocycles. The molecule has 0 amide bonds. The molecule has 119 heavy (non-hydrogen) atoms. The summed E-state index contributed by atoms with van der Waals surface area (Å²) in [6.45, 7) is 2.07. The van der Waals surface area contributed by atoms with Crippen molar-refractivity contribution in [2.24, 2.45) is 0 Å². The molecule has 24 rings (SSSR count). The zero-order valence-electron chi connectivity index (χ0n) is 65.2. The van der Waals surface area contributed by atoms with Gasteiger partial charge in [0.25, 0.3) is 13.4 Å². The first-order chi connectivity index (χ1) is 59.0. The van der Waals surface area contributed by atoms with Crippen molar-refractivity contribution in [3.8, 4) is 22.5 Å². The van der Waals surface area contributed by atoms with E-state index >= 15 is 0 Å². The van der Waals surface area contributed by atoms with Crippen LogP contribution in [-0.2, 0) is 0 Å². The molecular formula is C109H74B2N8. The molecule has 0 radical (unpaired) electrons. The lowest BCUT2D eigenvalue weighted by atomic mass is 9.33. The number of fused-ring (bicyclic) bond motifs is 14. The second-order valence-corrected chi connectivity index (χ2v) is 31.6. The number of rotatable bonds is 13. The largest absolute Gasteiger partial charge is 0.311 e. The monoisotopic (exact) mass is 1520 g/mol. The Bertz CT molecular complexity index is 7440. The summed E-state index contributed by atoms with van der Waals surface area (Å²) in [5.41, 5.74) is 37.9. The van der Waals surface area contributed by atoms with Crippen molar-refractivity contribution in [1.82, 2.24) is 9.13 Å². The van der Waals surface area contributed by atoms with Gasteiger partial charge in [0.1, 0.15) is 0 Å². The maximum absolute atomic E-state index is 2.56. The van der Waals surface area contributed by atoms with Gasteiger partial charge >= 0.3 is 0 Å². The lowest BCUT2D eigenvalue weighted by Gasteiger charge is -2.44. The fourth-order valence-corrected chi connectivity index (χ4v) is 20.1. The van der Waals surface area contributed by atoms with Gasteiger partial charge in [0.2, 0.25) is 0 Å². The smallest absolute Gasteiger partial charge is 0.252 e. The van der Waals surface area contributed by atoms with Crippen LogP contribution in [0.25, 0.3) is 66.1 Å². The van der Waals surface area contributed by atoms with Gasteiger partial charge in [0, 0.05) is 130 Å². The van der Waals surface area contributed by atoms with E-state index in [2.05, 4.69) is 476 Å². The van der Waals surface area contributed by atoms with E-state index in [-0.39, 0.29) is 13.4 Å². The first-order valence-electron chi connectivity index (χ1n) is 41.1. The lowest BCUT2D eigenvalue weighted by molar-refractivity contribution is 1.17. The number of hydrogen-bond donors (Lipinski definition) is 0. The second kappa shape index (κ2) is 27.3. The van der Waals surface area contributed by atoms with Crippen molar-refractivity contribution in [3.63, 3.8) is 0 Å². The summed E-state index contributed by atoms with van der Waals surface area (Å²) in [7, 11) is 0. The minimum atomic E-state index is -0.0824. The molecule has 2 aromatic heterocycles. The van der Waals surface area contributed by atoms with E-state index in [0.717, 1.165) is 124 Å². The van der Waals surface area contributed by atoms with Gasteiger partial charge in [-0.15, -0.1) is 0 Å². The Hall–Kier alpha value is -15.5. The number of benzene rings is 18. The third-order valence-electron chi connectivity index (χ3n) is 25.0. The molecule has 0 fully saturated rings. The summed E-state index contributed by atoms with van der Waals surface area (Å²) in [4.78, 5) is 14.9. The highest BCUT2D eigenvalue weighted by molar-refractivity contribution is 7.01. The molecule has 0 atom stereocenters. The Morgan fingerprint density at radius 1 is 0.210 bits per heavy atom. The van der Waals surface area contributed by atoms with Gasteiger partial charge < -0.3 is 38.5 Å². The molecule has 18 aromatic carbocycles. The van der Waals surface area contributed by atoms with E-state index in [1.54, 1.807) is 0 Å². The number of para-hydroxylation sites is 10. The molecule has 10 heteroatoms. The van der Waals surface area contributed by atoms with Crippen molar-refractivity contribution < 1.29 is 0 Å². The first-order valence-corrected chi connectivity index (χ1v) is 41.1. The SMILES string of the molecule is Cc1ccc(N2c3cc(N(c4ccccc4)c4ccc5c(c4)c4ccccc4n5-c4cccc(-c5cccc(N6c7cc(N(c8ccccc8)c8cccc9c%10ccccc%10n(-c%10ccccc%10)c89)ccc7B7c8ccccc8N(c8ccccc8)c8cccc6c87)c5)c4)ccc3B3c4ccccc4N(c4ccccc4)c4cccc2c43)cc1. The third-order valence-corrected chi connectivity index (χ3v) is 25.0. The summed E-state index contributed by atoms with van der Waals surface area (Å²) < 4.78 is 4.92. The number of nitrogens with zero attached hydrogens (tertiary/aromatic N) is 8. The van der Waals surface area contributed by atoms with Crippen LogP contribution in [0, 0.1) is 6.92 Å². The summed E-state index contributed by atoms with van der Waals surface area (Å²) in [6.07, 6.45) is 0. The van der Waals surface area contributed by atoms with Crippen LogP contribution in [0.15, 0.2) is 431 Å². The number of aromatic nitrogens is 2. The van der Waals surface area contributed by atoms with Crippen LogP contribution in [0.4, 0.5) is 102 Å². The Labute approximate surface area is 691 Å². The molecule has 0 bridgehead atoms. The summed E-state index contributed by atoms with van der Waals surface area (Å²) in [6, 6.07) is 160. The zero-order valence-corrected chi connectivity index (χ0v) is 65.2. The highest BCUT2D eigenvalue weighted by Crippen LogP contribution is 2.52. The van der Waals surface area contributed by atoms with Crippen LogP contribution in [-0.4, -0.2) is 22.6 Å². The summed E-state index contributed by atoms with van der Waals surface area (Å²) >= 11 is 0. The van der Waals surface area contributed by atoms with Gasteiger partial charge in [-0.3, -0.25) is 0 Å². The van der Waals surface area contributed by atoms with E-state index in [1.807, 2.05) is 0 Å². The van der Waals surface area contributed by atoms with Crippen molar-refractivity contribution in [2.45, 2.75) is 6.92 Å². The maximum Gasteiger partial charge on any atom is 0.252 e. The van der Waals surface area contributed by atoms with Gasteiger partial charge in [0.15, 0.2) is 0 Å². The van der Waals surface area contributed by atoms with Crippen LogP contribution in [0.5, 0.6) is 0 Å². The van der Waals surface area contributed by atoms with Crippen LogP contribution in [0.2, 0.25) is 0 Å². The van der Waals surface area contributed by atoms with E-state index in [4.69, 9.17) is 0 Å². The molecular weight excluding hydrogens is 1440 g/mol. The average molecular weight is 1520 g/mol. The van der Waals surface area contributed by atoms with Gasteiger partial charge in [-0.05, 0) is 245 Å². The average Bonchev–Trinajstić information content (AvgIpc) is 1.68. The van der Waals surface area contributed by atoms with Gasteiger partial charge in [-0.1, -0.05) is 242 Å². The third kappa shape index (κ3) is 10.7. The predicted octanol–water partition coefficient (Wildman–Crippen LogP) is 25.0. The molecule has 0 unspecified atom stereocenters. The Balaban J connectivity index is 0.647. The van der Waals surface area contributed by atoms with E-state index in [1.165, 1.54) is 82.9 Å². The zero-order chi connectivity index (χ0) is 78.3. The van der Waals surface area contributed by atoms with E-state index < -0.39 is 0 Å². The van der Waals surface area contributed by atoms with Crippen molar-refractivity contribution in [2.75, 3.05) is 29.4 Å². The van der Waals surface area contributed by atoms with E-state index in [0.29, 0.717) is 0 Å². The molecule has 4 aliphatic heterocycles. The predicted molar refractivity (Wildman–Crippen MR) is 503 cm³/mol. The van der Waals surface area contributed by atoms with Crippen molar-refractivity contribution in [1.29, 1.82) is 0 Å². The molecule has 4 aliphatic rings. The molecule has 0 saturated carbocycles. The number of hydrogen-bond acceptors (Lipinski definition) is 6. The van der Waals surface area contributed by atoms with Crippen LogP contribution in [0.3, 0.4) is 0 Å². The molecule has 556 valence electrons. The molecule has 6 heterocycles. The molecule has 0 spiro atoms. The Morgan fingerprint density at radius 3 is 1.15 bits per heavy atom. The first kappa shape index (κ1) is 67.9. The Kier molecular flexibility index (Phi) is 15.6. The van der Waals surface area contributed by atoms with E-state index in [9.17, 15) is 0 Å². The summed E-state index contributed by atoms with van der Waals surface area (Å²) in [5, 5.41) is 4.74. The fraction of sp³-hybridized carbons (Fsp3) is 0.00917. The van der Waals surface area contributed by atoms with Crippen molar-refractivity contribution >= 4 is 192 Å². The highest BCUT2D eigenvalue weighted by atomic mass is 15.2. The van der Waals surface area contributed by atoms with Crippen molar-refractivity contribution in [3.05, 3.63) is 436 Å². The molecule has 20 aromatic rings. The maximum atomic E-state index is 2.56. The topological polar surface area (TPSA) is 29.3 Å². The Morgan fingerprint density at radius 2 is 0.580 bits per heavy atom. The molecule has 0 N–H and O–H groups in total. The lowest BCUT2D eigenvalue weighted by Crippen LogP contribution is -2.61. The standard InChI is InChI=1S/C109H74B2N8/c1-73-58-60-81(61-59-73)116-102-55-28-53-100-107(102)110(91-47-19-23-51-98(91)114(100)78-36-11-4-12-37-78)93-65-62-85(71-105(93)116)112(76-32-7-2-8-33-76)84-64-67-97-90(70-84)88-45-18-21-49-95(88)117(97)82-42-25-30-74(68-82)75-31-26-43-83(69-75)118-103-56-29-54-101-108(103)111(92-48-20-24-52-99(92)115(101)79-38-13-5-14-39-79)94-66-63-86(72-106(94)118)113(77-34-9-3-10-35-77)104-57-27-46-89-87-44-17-22-50-96(87)119(109(89)104)80-40-15-6-16-41-80/h2-72H,1H3. The second-order valence-electron chi connectivity index (χ2n) is 31.6. The quantitative estimate of drug-likeness (QED) is 0.107. The van der Waals surface area contributed by atoms with Crippen LogP contribution in [0.1, 0.15) is 5.56 Å².